The number of amides is 2. The third-order valence-electron chi connectivity index (χ3n) is 4.71. The highest BCUT2D eigenvalue weighted by Crippen LogP contribution is 2.34. The van der Waals surface area contributed by atoms with Crippen LogP contribution in [-0.2, 0) is 10.3 Å². The molecule has 0 saturated heterocycles. The Bertz CT molecular complexity index is 993. The molecule has 1 aliphatic heterocycles. The SMILES string of the molecule is CC(C)N1CC(C)(c2cc(NC(=O)c3ccc(I)cn3)ccc2F)N=C(N)C1=O. The van der Waals surface area contributed by atoms with E-state index in [9.17, 15) is 14.0 Å². The Hall–Kier alpha value is -2.56. The first-order valence-corrected chi connectivity index (χ1v) is 10.1. The van der Waals surface area contributed by atoms with Crippen LogP contribution in [0.3, 0.4) is 0 Å². The van der Waals surface area contributed by atoms with Crippen molar-refractivity contribution in [2.45, 2.75) is 32.4 Å². The minimum atomic E-state index is -1.08. The number of benzene rings is 1. The van der Waals surface area contributed by atoms with E-state index in [1.807, 2.05) is 13.8 Å². The van der Waals surface area contributed by atoms with Gasteiger partial charge in [-0.3, -0.25) is 14.6 Å². The Labute approximate surface area is 181 Å². The van der Waals surface area contributed by atoms with Crippen LogP contribution in [0.25, 0.3) is 0 Å². The minimum absolute atomic E-state index is 0.117. The van der Waals surface area contributed by atoms with Crippen molar-refractivity contribution < 1.29 is 14.0 Å². The number of nitrogens with one attached hydrogen (secondary N) is 1. The molecule has 7 nitrogen and oxygen atoms in total. The summed E-state index contributed by atoms with van der Waals surface area (Å²) in [6, 6.07) is 7.52. The molecular weight excluding hydrogens is 488 g/mol. The predicted octanol–water partition coefficient (Wildman–Crippen LogP) is 2.90. The maximum absolute atomic E-state index is 14.7. The number of carbonyl (C=O) groups is 2. The summed E-state index contributed by atoms with van der Waals surface area (Å²) in [6.45, 7) is 5.61. The molecular formula is C20H21FIN5O2. The highest BCUT2D eigenvalue weighted by molar-refractivity contribution is 14.1. The molecule has 1 atom stereocenters. The van der Waals surface area contributed by atoms with Gasteiger partial charge in [0.05, 0.1) is 6.54 Å². The molecule has 0 saturated carbocycles. The second-order valence-electron chi connectivity index (χ2n) is 7.31. The van der Waals surface area contributed by atoms with E-state index in [-0.39, 0.29) is 35.6 Å². The normalized spacial score (nSPS) is 19.3. The number of rotatable bonds is 4. The summed E-state index contributed by atoms with van der Waals surface area (Å²) in [5.74, 6) is -1.43. The average Bonchev–Trinajstić information content (AvgIpc) is 2.66. The van der Waals surface area contributed by atoms with Crippen molar-refractivity contribution in [1.82, 2.24) is 9.88 Å². The van der Waals surface area contributed by atoms with Crippen LogP contribution in [0.1, 0.15) is 36.8 Å². The highest BCUT2D eigenvalue weighted by Gasteiger charge is 2.40. The molecule has 1 aromatic carbocycles. The first-order chi connectivity index (χ1) is 13.6. The molecule has 2 aromatic rings. The van der Waals surface area contributed by atoms with Crippen LogP contribution in [-0.4, -0.2) is 40.1 Å². The van der Waals surface area contributed by atoms with E-state index >= 15 is 0 Å². The number of anilines is 1. The van der Waals surface area contributed by atoms with Gasteiger partial charge in [-0.25, -0.2) is 9.37 Å². The maximum Gasteiger partial charge on any atom is 0.289 e. The molecule has 3 N–H and O–H groups in total. The zero-order valence-corrected chi connectivity index (χ0v) is 18.4. The van der Waals surface area contributed by atoms with E-state index in [0.29, 0.717) is 5.69 Å². The molecule has 2 heterocycles. The topological polar surface area (TPSA) is 101 Å². The molecule has 0 aliphatic carbocycles. The minimum Gasteiger partial charge on any atom is -0.379 e. The zero-order chi connectivity index (χ0) is 21.3. The van der Waals surface area contributed by atoms with Crippen molar-refractivity contribution in [3.8, 4) is 0 Å². The van der Waals surface area contributed by atoms with Crippen LogP contribution in [0.2, 0.25) is 0 Å². The molecule has 0 spiro atoms. The smallest absolute Gasteiger partial charge is 0.289 e. The largest absolute Gasteiger partial charge is 0.379 e. The fraction of sp³-hybridized carbons (Fsp3) is 0.300. The first-order valence-electron chi connectivity index (χ1n) is 9.00. The second kappa shape index (κ2) is 8.05. The Balaban J connectivity index is 1.93. The molecule has 0 fully saturated rings. The number of amidine groups is 1. The fourth-order valence-corrected chi connectivity index (χ4v) is 3.50. The standard InChI is InChI=1S/C20H21FIN5O2/c1-11(2)27-10-20(3,26-17(23)19(27)29)14-8-13(5-6-15(14)21)25-18(28)16-7-4-12(22)9-24-16/h4-9,11H,10H2,1-3H3,(H2,23,26)(H,25,28). The summed E-state index contributed by atoms with van der Waals surface area (Å²) in [5.41, 5.74) is 5.65. The predicted molar refractivity (Wildman–Crippen MR) is 117 cm³/mol. The van der Waals surface area contributed by atoms with E-state index in [1.165, 1.54) is 18.2 Å². The van der Waals surface area contributed by atoms with Gasteiger partial charge in [-0.2, -0.15) is 0 Å². The quantitative estimate of drug-likeness (QED) is 0.620. The third-order valence-corrected chi connectivity index (χ3v) is 5.35. The van der Waals surface area contributed by atoms with Crippen molar-refractivity contribution in [3.63, 3.8) is 0 Å². The molecule has 3 rings (SSSR count). The van der Waals surface area contributed by atoms with Crippen molar-refractivity contribution in [1.29, 1.82) is 0 Å². The first kappa shape index (κ1) is 21.2. The Morgan fingerprint density at radius 1 is 1.34 bits per heavy atom. The summed E-state index contributed by atoms with van der Waals surface area (Å²) < 4.78 is 15.6. The van der Waals surface area contributed by atoms with Crippen molar-refractivity contribution in [2.75, 3.05) is 11.9 Å². The average molecular weight is 509 g/mol. The number of halogens is 2. The summed E-state index contributed by atoms with van der Waals surface area (Å²) in [6.07, 6.45) is 1.59. The number of nitrogens with zero attached hydrogens (tertiary/aromatic N) is 3. The van der Waals surface area contributed by atoms with Gasteiger partial charge >= 0.3 is 0 Å². The van der Waals surface area contributed by atoms with E-state index in [4.69, 9.17) is 5.73 Å². The number of hydrogen-bond acceptors (Lipinski definition) is 5. The number of nitrogens with two attached hydrogens (primary N) is 1. The van der Waals surface area contributed by atoms with Crippen LogP contribution in [0.4, 0.5) is 10.1 Å². The fourth-order valence-electron chi connectivity index (χ4n) is 3.18. The van der Waals surface area contributed by atoms with Gasteiger partial charge in [-0.05, 0) is 73.7 Å². The molecule has 9 heteroatoms. The molecule has 29 heavy (non-hydrogen) atoms. The van der Waals surface area contributed by atoms with Gasteiger partial charge in [-0.1, -0.05) is 0 Å². The van der Waals surface area contributed by atoms with Gasteiger partial charge in [0.2, 0.25) is 0 Å². The Kier molecular flexibility index (Phi) is 5.87. The zero-order valence-electron chi connectivity index (χ0n) is 16.2. The summed E-state index contributed by atoms with van der Waals surface area (Å²) in [5, 5.41) is 2.72. The second-order valence-corrected chi connectivity index (χ2v) is 8.55. The Morgan fingerprint density at radius 3 is 2.69 bits per heavy atom. The number of aliphatic imine (C=N–C) groups is 1. The molecule has 1 unspecified atom stereocenters. The van der Waals surface area contributed by atoms with Crippen LogP contribution in [0.15, 0.2) is 41.5 Å². The van der Waals surface area contributed by atoms with Gasteiger partial charge in [0, 0.05) is 27.1 Å². The lowest BCUT2D eigenvalue weighted by Gasteiger charge is -2.39. The van der Waals surface area contributed by atoms with Crippen LogP contribution in [0.5, 0.6) is 0 Å². The summed E-state index contributed by atoms with van der Waals surface area (Å²) in [7, 11) is 0. The molecule has 0 radical (unpaired) electrons. The monoisotopic (exact) mass is 509 g/mol. The summed E-state index contributed by atoms with van der Waals surface area (Å²) in [4.78, 5) is 34.7. The number of pyridine rings is 1. The van der Waals surface area contributed by atoms with Gasteiger partial charge < -0.3 is 16.0 Å². The lowest BCUT2D eigenvalue weighted by molar-refractivity contribution is -0.127. The lowest BCUT2D eigenvalue weighted by atomic mass is 9.89. The number of aromatic nitrogens is 1. The van der Waals surface area contributed by atoms with E-state index in [2.05, 4.69) is 37.9 Å². The van der Waals surface area contributed by atoms with Crippen molar-refractivity contribution >= 4 is 45.9 Å². The number of carbonyl (C=O) groups excluding carboxylic acids is 2. The molecule has 1 aliphatic rings. The van der Waals surface area contributed by atoms with E-state index in [0.717, 1.165) is 3.57 Å². The van der Waals surface area contributed by atoms with Gasteiger partial charge in [0.25, 0.3) is 11.8 Å². The van der Waals surface area contributed by atoms with Gasteiger partial charge in [0.1, 0.15) is 17.1 Å². The molecule has 152 valence electrons. The Morgan fingerprint density at radius 2 is 2.07 bits per heavy atom. The van der Waals surface area contributed by atoms with Crippen LogP contribution >= 0.6 is 22.6 Å². The molecule has 0 bridgehead atoms. The van der Waals surface area contributed by atoms with Crippen molar-refractivity contribution in [3.05, 3.63) is 57.2 Å². The molecule has 2 amide bonds. The van der Waals surface area contributed by atoms with Crippen LogP contribution in [0, 0.1) is 9.39 Å². The van der Waals surface area contributed by atoms with Crippen molar-refractivity contribution in [2.24, 2.45) is 10.7 Å². The maximum atomic E-state index is 14.7. The van der Waals surface area contributed by atoms with E-state index < -0.39 is 17.3 Å². The van der Waals surface area contributed by atoms with E-state index in [1.54, 1.807) is 30.2 Å². The lowest BCUT2D eigenvalue weighted by Crippen LogP contribution is -2.54. The third kappa shape index (κ3) is 4.39. The van der Waals surface area contributed by atoms with Crippen LogP contribution < -0.4 is 11.1 Å². The summed E-state index contributed by atoms with van der Waals surface area (Å²) >= 11 is 2.10. The molecule has 1 aromatic heterocycles. The highest BCUT2D eigenvalue weighted by atomic mass is 127. The van der Waals surface area contributed by atoms with Gasteiger partial charge in [-0.15, -0.1) is 0 Å². The van der Waals surface area contributed by atoms with Gasteiger partial charge in [0.15, 0.2) is 5.84 Å². The number of hydrogen-bond donors (Lipinski definition) is 2.